The lowest BCUT2D eigenvalue weighted by Crippen LogP contribution is -2.21. The average Bonchev–Trinajstić information content (AvgIpc) is 2.20. The standard InChI is InChI=1S/C11H15Br2N/c1-3-14(4-2)10-6-5-9(8-12)11(13)7-10/h5-7H,3-4,8H2,1-2H3. The van der Waals surface area contributed by atoms with Gasteiger partial charge in [0.05, 0.1) is 0 Å². The minimum atomic E-state index is 0.895. The monoisotopic (exact) mass is 319 g/mol. The first-order valence-corrected chi connectivity index (χ1v) is 6.73. The molecule has 0 unspecified atom stereocenters. The van der Waals surface area contributed by atoms with Crippen molar-refractivity contribution in [1.82, 2.24) is 0 Å². The Morgan fingerprint density at radius 3 is 2.29 bits per heavy atom. The Morgan fingerprint density at radius 1 is 1.21 bits per heavy atom. The van der Waals surface area contributed by atoms with Gasteiger partial charge in [-0.3, -0.25) is 0 Å². The molecule has 0 atom stereocenters. The van der Waals surface area contributed by atoms with E-state index in [4.69, 9.17) is 0 Å². The summed E-state index contributed by atoms with van der Waals surface area (Å²) in [7, 11) is 0. The van der Waals surface area contributed by atoms with Crippen LogP contribution in [0.4, 0.5) is 5.69 Å². The van der Waals surface area contributed by atoms with Crippen LogP contribution in [0.5, 0.6) is 0 Å². The minimum Gasteiger partial charge on any atom is -0.372 e. The van der Waals surface area contributed by atoms with Gasteiger partial charge in [-0.15, -0.1) is 0 Å². The van der Waals surface area contributed by atoms with Gasteiger partial charge < -0.3 is 4.90 Å². The third-order valence-corrected chi connectivity index (χ3v) is 3.65. The van der Waals surface area contributed by atoms with Crippen LogP contribution in [0, 0.1) is 0 Å². The molecule has 0 aromatic heterocycles. The molecule has 0 aliphatic carbocycles. The molecule has 0 heterocycles. The van der Waals surface area contributed by atoms with Crippen LogP contribution in [0.2, 0.25) is 0 Å². The Morgan fingerprint density at radius 2 is 1.86 bits per heavy atom. The van der Waals surface area contributed by atoms with Crippen LogP contribution < -0.4 is 4.90 Å². The second kappa shape index (κ2) is 5.76. The van der Waals surface area contributed by atoms with E-state index in [1.165, 1.54) is 15.7 Å². The molecule has 0 aliphatic rings. The average molecular weight is 321 g/mol. The highest BCUT2D eigenvalue weighted by Crippen LogP contribution is 2.25. The second-order valence-electron chi connectivity index (χ2n) is 3.08. The molecule has 0 bridgehead atoms. The predicted molar refractivity (Wildman–Crippen MR) is 70.3 cm³/mol. The van der Waals surface area contributed by atoms with E-state index in [9.17, 15) is 0 Å². The van der Waals surface area contributed by atoms with E-state index in [-0.39, 0.29) is 0 Å². The van der Waals surface area contributed by atoms with E-state index in [0.717, 1.165) is 18.4 Å². The van der Waals surface area contributed by atoms with Crippen molar-refractivity contribution in [3.63, 3.8) is 0 Å². The Bertz CT molecular complexity index is 295. The fraction of sp³-hybridized carbons (Fsp3) is 0.455. The zero-order chi connectivity index (χ0) is 10.6. The van der Waals surface area contributed by atoms with Crippen LogP contribution in [0.1, 0.15) is 19.4 Å². The minimum absolute atomic E-state index is 0.895. The summed E-state index contributed by atoms with van der Waals surface area (Å²) >= 11 is 7.04. The van der Waals surface area contributed by atoms with Gasteiger partial charge in [-0.2, -0.15) is 0 Å². The van der Waals surface area contributed by atoms with Crippen molar-refractivity contribution in [3.05, 3.63) is 28.2 Å². The fourth-order valence-corrected chi connectivity index (χ4v) is 2.80. The van der Waals surface area contributed by atoms with Gasteiger partial charge >= 0.3 is 0 Å². The molecule has 1 aromatic carbocycles. The Labute approximate surface area is 103 Å². The largest absolute Gasteiger partial charge is 0.372 e. The number of rotatable bonds is 4. The summed E-state index contributed by atoms with van der Waals surface area (Å²) < 4.78 is 1.18. The lowest BCUT2D eigenvalue weighted by molar-refractivity contribution is 0.865. The van der Waals surface area contributed by atoms with Gasteiger partial charge in [-0.1, -0.05) is 37.9 Å². The number of hydrogen-bond acceptors (Lipinski definition) is 1. The van der Waals surface area contributed by atoms with E-state index in [0.29, 0.717) is 0 Å². The van der Waals surface area contributed by atoms with Crippen molar-refractivity contribution in [1.29, 1.82) is 0 Å². The summed E-state index contributed by atoms with van der Waals surface area (Å²) in [6, 6.07) is 6.52. The molecule has 78 valence electrons. The molecular formula is C11H15Br2N. The fourth-order valence-electron chi connectivity index (χ4n) is 1.43. The van der Waals surface area contributed by atoms with E-state index in [2.05, 4.69) is 68.8 Å². The third-order valence-electron chi connectivity index (χ3n) is 2.31. The second-order valence-corrected chi connectivity index (χ2v) is 4.50. The van der Waals surface area contributed by atoms with E-state index < -0.39 is 0 Å². The van der Waals surface area contributed by atoms with Crippen LogP contribution >= 0.6 is 31.9 Å². The summed E-state index contributed by atoms with van der Waals surface area (Å²) in [5, 5.41) is 0.895. The van der Waals surface area contributed by atoms with Crippen molar-refractivity contribution in [2.45, 2.75) is 19.2 Å². The van der Waals surface area contributed by atoms with Crippen LogP contribution in [0.25, 0.3) is 0 Å². The SMILES string of the molecule is CCN(CC)c1ccc(CBr)c(Br)c1. The molecule has 0 aliphatic heterocycles. The zero-order valence-electron chi connectivity index (χ0n) is 8.56. The molecule has 0 saturated heterocycles. The molecule has 0 spiro atoms. The summed E-state index contributed by atoms with van der Waals surface area (Å²) in [6.45, 7) is 6.46. The van der Waals surface area contributed by atoms with Crippen molar-refractivity contribution >= 4 is 37.5 Å². The quantitative estimate of drug-likeness (QED) is 0.752. The zero-order valence-corrected chi connectivity index (χ0v) is 11.7. The molecule has 1 rings (SSSR count). The summed E-state index contributed by atoms with van der Waals surface area (Å²) in [5.74, 6) is 0. The molecule has 1 nitrogen and oxygen atoms in total. The lowest BCUT2D eigenvalue weighted by Gasteiger charge is -2.21. The highest BCUT2D eigenvalue weighted by molar-refractivity contribution is 9.10. The maximum atomic E-state index is 3.58. The van der Waals surface area contributed by atoms with Gasteiger partial charge in [-0.05, 0) is 31.5 Å². The smallest absolute Gasteiger partial charge is 0.0377 e. The van der Waals surface area contributed by atoms with Crippen LogP contribution in [0.3, 0.4) is 0 Å². The third kappa shape index (κ3) is 2.74. The molecule has 0 radical (unpaired) electrons. The number of nitrogens with zero attached hydrogens (tertiary/aromatic N) is 1. The number of hydrogen-bond donors (Lipinski definition) is 0. The lowest BCUT2D eigenvalue weighted by atomic mass is 10.2. The van der Waals surface area contributed by atoms with E-state index >= 15 is 0 Å². The van der Waals surface area contributed by atoms with Gasteiger partial charge in [0.2, 0.25) is 0 Å². The molecule has 14 heavy (non-hydrogen) atoms. The van der Waals surface area contributed by atoms with Gasteiger partial charge in [0.15, 0.2) is 0 Å². The maximum absolute atomic E-state index is 3.58. The summed E-state index contributed by atoms with van der Waals surface area (Å²) in [4.78, 5) is 2.34. The highest BCUT2D eigenvalue weighted by Gasteiger charge is 2.04. The number of benzene rings is 1. The van der Waals surface area contributed by atoms with Crippen LogP contribution in [0.15, 0.2) is 22.7 Å². The molecule has 1 aromatic rings. The van der Waals surface area contributed by atoms with Crippen molar-refractivity contribution < 1.29 is 0 Å². The Balaban J connectivity index is 2.95. The predicted octanol–water partition coefficient (Wildman–Crippen LogP) is 4.19. The number of halogens is 2. The summed E-state index contributed by atoms with van der Waals surface area (Å²) in [6.07, 6.45) is 0. The number of alkyl halides is 1. The van der Waals surface area contributed by atoms with Gasteiger partial charge in [0, 0.05) is 28.6 Å². The molecule has 0 amide bonds. The summed E-state index contributed by atoms with van der Waals surface area (Å²) in [5.41, 5.74) is 2.58. The van der Waals surface area contributed by atoms with Crippen LogP contribution in [-0.2, 0) is 5.33 Å². The van der Waals surface area contributed by atoms with Crippen molar-refractivity contribution in [3.8, 4) is 0 Å². The highest BCUT2D eigenvalue weighted by atomic mass is 79.9. The van der Waals surface area contributed by atoms with E-state index in [1.54, 1.807) is 0 Å². The molecule has 0 N–H and O–H groups in total. The molecule has 0 saturated carbocycles. The normalized spacial score (nSPS) is 10.3. The first kappa shape index (κ1) is 12.1. The van der Waals surface area contributed by atoms with E-state index in [1.807, 2.05) is 0 Å². The van der Waals surface area contributed by atoms with Gasteiger partial charge in [0.25, 0.3) is 0 Å². The van der Waals surface area contributed by atoms with Crippen molar-refractivity contribution in [2.75, 3.05) is 18.0 Å². The maximum Gasteiger partial charge on any atom is 0.0377 e. The first-order valence-electron chi connectivity index (χ1n) is 4.82. The molecule has 0 fully saturated rings. The topological polar surface area (TPSA) is 3.24 Å². The molecular weight excluding hydrogens is 306 g/mol. The van der Waals surface area contributed by atoms with Crippen LogP contribution in [-0.4, -0.2) is 13.1 Å². The Hall–Kier alpha value is -0.0200. The Kier molecular flexibility index (Phi) is 4.96. The molecule has 3 heteroatoms. The first-order chi connectivity index (χ1) is 6.72. The van der Waals surface area contributed by atoms with Gasteiger partial charge in [0.1, 0.15) is 0 Å². The van der Waals surface area contributed by atoms with Gasteiger partial charge in [-0.25, -0.2) is 0 Å². The van der Waals surface area contributed by atoms with Crippen molar-refractivity contribution in [2.24, 2.45) is 0 Å². The number of anilines is 1.